The van der Waals surface area contributed by atoms with Gasteiger partial charge < -0.3 is 21.5 Å². The molecule has 5 heteroatoms. The number of benzene rings is 3. The minimum atomic E-state index is -0.196. The average molecular weight is 319 g/mol. The molecule has 3 aromatic rings. The van der Waals surface area contributed by atoms with E-state index >= 15 is 0 Å². The predicted octanol–water partition coefficient (Wildman–Crippen LogP) is 3.90. The summed E-state index contributed by atoms with van der Waals surface area (Å²) in [4.78, 5) is 12.2. The lowest BCUT2D eigenvalue weighted by Crippen LogP contribution is -2.11. The number of nitrogens with one attached hydrogen (secondary N) is 1. The molecule has 0 saturated heterocycles. The molecule has 24 heavy (non-hydrogen) atoms. The van der Waals surface area contributed by atoms with Gasteiger partial charge in [0.25, 0.3) is 5.91 Å². The summed E-state index contributed by atoms with van der Waals surface area (Å²) < 4.78 is 5.70. The molecule has 0 bridgehead atoms. The third-order valence-electron chi connectivity index (χ3n) is 3.40. The number of hydrogen-bond acceptors (Lipinski definition) is 4. The molecule has 3 rings (SSSR count). The first-order valence-electron chi connectivity index (χ1n) is 7.40. The maximum absolute atomic E-state index is 12.2. The van der Waals surface area contributed by atoms with E-state index in [-0.39, 0.29) is 5.91 Å². The van der Waals surface area contributed by atoms with Gasteiger partial charge in [-0.15, -0.1) is 0 Å². The molecular weight excluding hydrogens is 302 g/mol. The monoisotopic (exact) mass is 319 g/mol. The molecule has 0 radical (unpaired) electrons. The van der Waals surface area contributed by atoms with E-state index in [0.717, 1.165) is 0 Å². The van der Waals surface area contributed by atoms with Gasteiger partial charge in [-0.25, -0.2) is 0 Å². The molecule has 0 aliphatic carbocycles. The Kier molecular flexibility index (Phi) is 4.34. The van der Waals surface area contributed by atoms with E-state index in [4.69, 9.17) is 16.2 Å². The standard InChI is InChI=1S/C19H17N3O2/c20-14-3-7-16(8-4-14)22-19(23)13-1-9-17(10-2-13)24-18-11-5-15(21)6-12-18/h1-12H,20-21H2,(H,22,23). The molecule has 0 atom stereocenters. The van der Waals surface area contributed by atoms with Crippen LogP contribution in [0.2, 0.25) is 0 Å². The van der Waals surface area contributed by atoms with Crippen molar-refractivity contribution in [2.24, 2.45) is 0 Å². The lowest BCUT2D eigenvalue weighted by molar-refractivity contribution is 0.102. The Morgan fingerprint density at radius 3 is 1.71 bits per heavy atom. The van der Waals surface area contributed by atoms with Crippen LogP contribution < -0.4 is 21.5 Å². The maximum atomic E-state index is 12.2. The van der Waals surface area contributed by atoms with E-state index in [2.05, 4.69) is 5.32 Å². The molecule has 3 aromatic carbocycles. The van der Waals surface area contributed by atoms with Crippen molar-refractivity contribution < 1.29 is 9.53 Å². The summed E-state index contributed by atoms with van der Waals surface area (Å²) >= 11 is 0. The molecule has 120 valence electrons. The Balaban J connectivity index is 1.66. The molecular formula is C19H17N3O2. The molecule has 0 aliphatic heterocycles. The quantitative estimate of drug-likeness (QED) is 0.636. The molecule has 0 saturated carbocycles. The van der Waals surface area contributed by atoms with Crippen LogP contribution in [0.25, 0.3) is 0 Å². The number of anilines is 3. The molecule has 0 aliphatic rings. The summed E-state index contributed by atoms with van der Waals surface area (Å²) in [5.41, 5.74) is 13.8. The van der Waals surface area contributed by atoms with Crippen molar-refractivity contribution in [3.05, 3.63) is 78.4 Å². The summed E-state index contributed by atoms with van der Waals surface area (Å²) in [6.45, 7) is 0. The zero-order valence-electron chi connectivity index (χ0n) is 12.9. The zero-order valence-corrected chi connectivity index (χ0v) is 12.9. The SMILES string of the molecule is Nc1ccc(NC(=O)c2ccc(Oc3ccc(N)cc3)cc2)cc1. The van der Waals surface area contributed by atoms with E-state index in [9.17, 15) is 4.79 Å². The third kappa shape index (κ3) is 3.84. The molecule has 1 amide bonds. The Bertz CT molecular complexity index is 826. The number of nitrogens with two attached hydrogens (primary N) is 2. The van der Waals surface area contributed by atoms with Crippen molar-refractivity contribution >= 4 is 23.0 Å². The van der Waals surface area contributed by atoms with Crippen molar-refractivity contribution in [3.63, 3.8) is 0 Å². The summed E-state index contributed by atoms with van der Waals surface area (Å²) in [6, 6.07) is 21.0. The van der Waals surface area contributed by atoms with Gasteiger partial charge in [0.2, 0.25) is 0 Å². The molecule has 0 fully saturated rings. The lowest BCUT2D eigenvalue weighted by Gasteiger charge is -2.08. The van der Waals surface area contributed by atoms with Crippen LogP contribution in [0.3, 0.4) is 0 Å². The number of carbonyl (C=O) groups excluding carboxylic acids is 1. The smallest absolute Gasteiger partial charge is 0.255 e. The molecule has 0 aromatic heterocycles. The average Bonchev–Trinajstić information content (AvgIpc) is 2.59. The molecule has 5 nitrogen and oxygen atoms in total. The van der Waals surface area contributed by atoms with Gasteiger partial charge in [-0.05, 0) is 72.8 Å². The van der Waals surface area contributed by atoms with E-state index in [0.29, 0.717) is 34.1 Å². The number of nitrogen functional groups attached to an aromatic ring is 2. The van der Waals surface area contributed by atoms with Crippen LogP contribution >= 0.6 is 0 Å². The Morgan fingerprint density at radius 1 is 0.708 bits per heavy atom. The van der Waals surface area contributed by atoms with Crippen LogP contribution in [-0.4, -0.2) is 5.91 Å². The fourth-order valence-corrected chi connectivity index (χ4v) is 2.12. The van der Waals surface area contributed by atoms with E-state index < -0.39 is 0 Å². The van der Waals surface area contributed by atoms with Crippen LogP contribution in [0.1, 0.15) is 10.4 Å². The number of rotatable bonds is 4. The maximum Gasteiger partial charge on any atom is 0.255 e. The minimum Gasteiger partial charge on any atom is -0.457 e. The molecule has 0 spiro atoms. The first kappa shape index (κ1) is 15.4. The van der Waals surface area contributed by atoms with Crippen LogP contribution in [0.15, 0.2) is 72.8 Å². The molecule has 5 N–H and O–H groups in total. The number of hydrogen-bond donors (Lipinski definition) is 3. The highest BCUT2D eigenvalue weighted by Crippen LogP contribution is 2.23. The molecule has 0 unspecified atom stereocenters. The van der Waals surface area contributed by atoms with Crippen LogP contribution in [0.4, 0.5) is 17.1 Å². The van der Waals surface area contributed by atoms with Gasteiger partial charge in [0.15, 0.2) is 0 Å². The Morgan fingerprint density at radius 2 is 1.17 bits per heavy atom. The lowest BCUT2D eigenvalue weighted by atomic mass is 10.2. The highest BCUT2D eigenvalue weighted by molar-refractivity contribution is 6.04. The second-order valence-corrected chi connectivity index (χ2v) is 5.27. The van der Waals surface area contributed by atoms with Crippen LogP contribution in [-0.2, 0) is 0 Å². The largest absolute Gasteiger partial charge is 0.457 e. The fourth-order valence-electron chi connectivity index (χ4n) is 2.12. The summed E-state index contributed by atoms with van der Waals surface area (Å²) in [5.74, 6) is 1.13. The van der Waals surface area contributed by atoms with Gasteiger partial charge in [0.05, 0.1) is 0 Å². The highest BCUT2D eigenvalue weighted by Gasteiger charge is 2.06. The van der Waals surface area contributed by atoms with Crippen LogP contribution in [0.5, 0.6) is 11.5 Å². The second kappa shape index (κ2) is 6.75. The van der Waals surface area contributed by atoms with E-state index in [1.165, 1.54) is 0 Å². The first-order valence-corrected chi connectivity index (χ1v) is 7.40. The summed E-state index contributed by atoms with van der Waals surface area (Å²) in [7, 11) is 0. The van der Waals surface area contributed by atoms with Crippen molar-refractivity contribution in [1.82, 2.24) is 0 Å². The van der Waals surface area contributed by atoms with Crippen molar-refractivity contribution in [3.8, 4) is 11.5 Å². The van der Waals surface area contributed by atoms with Gasteiger partial charge in [-0.1, -0.05) is 0 Å². The Labute approximate surface area is 139 Å². The predicted molar refractivity (Wildman–Crippen MR) is 96.2 cm³/mol. The highest BCUT2D eigenvalue weighted by atomic mass is 16.5. The second-order valence-electron chi connectivity index (χ2n) is 5.27. The number of carbonyl (C=O) groups is 1. The zero-order chi connectivity index (χ0) is 16.9. The van der Waals surface area contributed by atoms with Gasteiger partial charge in [0, 0.05) is 22.6 Å². The fraction of sp³-hybridized carbons (Fsp3) is 0. The number of ether oxygens (including phenoxy) is 1. The van der Waals surface area contributed by atoms with Gasteiger partial charge in [0.1, 0.15) is 11.5 Å². The van der Waals surface area contributed by atoms with E-state index in [1.807, 2.05) is 0 Å². The summed E-state index contributed by atoms with van der Waals surface area (Å²) in [6.07, 6.45) is 0. The van der Waals surface area contributed by atoms with E-state index in [1.54, 1.807) is 72.8 Å². The van der Waals surface area contributed by atoms with Crippen molar-refractivity contribution in [1.29, 1.82) is 0 Å². The van der Waals surface area contributed by atoms with Gasteiger partial charge >= 0.3 is 0 Å². The van der Waals surface area contributed by atoms with Crippen LogP contribution in [0, 0.1) is 0 Å². The number of amides is 1. The Hall–Kier alpha value is -3.47. The summed E-state index contributed by atoms with van der Waals surface area (Å²) in [5, 5.41) is 2.81. The van der Waals surface area contributed by atoms with Gasteiger partial charge in [-0.2, -0.15) is 0 Å². The van der Waals surface area contributed by atoms with Gasteiger partial charge in [-0.3, -0.25) is 4.79 Å². The van der Waals surface area contributed by atoms with Crippen molar-refractivity contribution in [2.45, 2.75) is 0 Å². The third-order valence-corrected chi connectivity index (χ3v) is 3.40. The van der Waals surface area contributed by atoms with Crippen molar-refractivity contribution in [2.75, 3.05) is 16.8 Å². The minimum absolute atomic E-state index is 0.196. The first-order chi connectivity index (χ1) is 11.6. The molecule has 0 heterocycles. The topological polar surface area (TPSA) is 90.4 Å². The normalized spacial score (nSPS) is 10.2.